The lowest BCUT2D eigenvalue weighted by atomic mass is 9.71. The molecule has 156 valence electrons. The third-order valence-electron chi connectivity index (χ3n) is 6.22. The average Bonchev–Trinajstić information content (AvgIpc) is 3.09. The molecule has 0 spiro atoms. The van der Waals surface area contributed by atoms with Crippen molar-refractivity contribution >= 4 is 23.2 Å². The lowest BCUT2D eigenvalue weighted by Gasteiger charge is -2.32. The first-order valence-electron chi connectivity index (χ1n) is 11.2. The second kappa shape index (κ2) is 9.70. The van der Waals surface area contributed by atoms with E-state index in [0.29, 0.717) is 0 Å². The monoisotopic (exact) mass is 417 g/mol. The summed E-state index contributed by atoms with van der Waals surface area (Å²) < 4.78 is 0. The van der Waals surface area contributed by atoms with Crippen molar-refractivity contribution in [2.75, 3.05) is 12.3 Å². The Labute approximate surface area is 184 Å². The second-order valence-electron chi connectivity index (χ2n) is 8.16. The summed E-state index contributed by atoms with van der Waals surface area (Å²) in [5.41, 5.74) is 4.61. The molecular weight excluding hydrogens is 386 g/mol. The highest BCUT2D eigenvalue weighted by molar-refractivity contribution is 7.99. The molecule has 0 saturated heterocycles. The van der Waals surface area contributed by atoms with Gasteiger partial charge in [0.2, 0.25) is 5.91 Å². The van der Waals surface area contributed by atoms with Crippen LogP contribution >= 0.6 is 11.8 Å². The fourth-order valence-electron chi connectivity index (χ4n) is 4.82. The normalized spacial score (nSPS) is 19.5. The highest BCUT2D eigenvalue weighted by Gasteiger charge is 2.49. The van der Waals surface area contributed by atoms with Crippen molar-refractivity contribution in [3.05, 3.63) is 83.4 Å². The zero-order chi connectivity index (χ0) is 20.8. The number of amides is 1. The second-order valence-corrected chi connectivity index (χ2v) is 9.33. The predicted molar refractivity (Wildman–Crippen MR) is 128 cm³/mol. The maximum atomic E-state index is 13.6. The van der Waals surface area contributed by atoms with E-state index in [4.69, 9.17) is 0 Å². The van der Waals surface area contributed by atoms with Gasteiger partial charge in [-0.2, -0.15) is 0 Å². The lowest BCUT2D eigenvalue weighted by molar-refractivity contribution is -0.125. The molecule has 1 atom stereocenters. The fraction of sp³-hybridized carbons (Fsp3) is 0.370. The molecule has 2 aliphatic rings. The Hall–Kier alpha value is -2.26. The minimum atomic E-state index is -0.532. The lowest BCUT2D eigenvalue weighted by Crippen LogP contribution is -2.45. The average molecular weight is 418 g/mol. The molecule has 0 heterocycles. The number of thioether (sulfide) groups is 1. The van der Waals surface area contributed by atoms with Crippen LogP contribution in [0.1, 0.15) is 56.6 Å². The Morgan fingerprint density at radius 1 is 1.07 bits per heavy atom. The van der Waals surface area contributed by atoms with Crippen LogP contribution in [-0.4, -0.2) is 18.2 Å². The van der Waals surface area contributed by atoms with Gasteiger partial charge in [-0.3, -0.25) is 4.79 Å². The van der Waals surface area contributed by atoms with Crippen LogP contribution in [0, 0.1) is 0 Å². The van der Waals surface area contributed by atoms with Crippen LogP contribution in [0.5, 0.6) is 0 Å². The van der Waals surface area contributed by atoms with Gasteiger partial charge in [0.15, 0.2) is 0 Å². The summed E-state index contributed by atoms with van der Waals surface area (Å²) in [5, 5.41) is 3.24. The summed E-state index contributed by atoms with van der Waals surface area (Å²) >= 11 is 1.91. The van der Waals surface area contributed by atoms with Crippen molar-refractivity contribution in [3.63, 3.8) is 0 Å². The van der Waals surface area contributed by atoms with E-state index >= 15 is 0 Å². The molecule has 1 amide bonds. The van der Waals surface area contributed by atoms with E-state index in [1.807, 2.05) is 11.8 Å². The molecule has 0 radical (unpaired) electrons. The van der Waals surface area contributed by atoms with E-state index in [-0.39, 0.29) is 5.91 Å². The van der Waals surface area contributed by atoms with Crippen LogP contribution in [-0.2, 0) is 10.2 Å². The van der Waals surface area contributed by atoms with Gasteiger partial charge in [-0.15, -0.1) is 11.8 Å². The number of benzene rings is 2. The maximum Gasteiger partial charge on any atom is 0.235 e. The molecule has 0 saturated carbocycles. The van der Waals surface area contributed by atoms with Gasteiger partial charge in [-0.25, -0.2) is 0 Å². The van der Waals surface area contributed by atoms with Crippen LogP contribution in [0.4, 0.5) is 0 Å². The van der Waals surface area contributed by atoms with E-state index in [9.17, 15) is 4.79 Å². The minimum absolute atomic E-state index is 0.184. The molecule has 30 heavy (non-hydrogen) atoms. The van der Waals surface area contributed by atoms with Crippen LogP contribution in [0.15, 0.2) is 77.2 Å². The van der Waals surface area contributed by atoms with E-state index < -0.39 is 5.41 Å². The van der Waals surface area contributed by atoms with Crippen molar-refractivity contribution in [1.29, 1.82) is 0 Å². The van der Waals surface area contributed by atoms with E-state index in [1.54, 1.807) is 0 Å². The molecule has 0 aromatic heterocycles. The summed E-state index contributed by atoms with van der Waals surface area (Å²) in [6.07, 6.45) is 10.6. The molecule has 0 aliphatic heterocycles. The van der Waals surface area contributed by atoms with Gasteiger partial charge in [0.1, 0.15) is 0 Å². The number of unbranched alkanes of at least 4 members (excludes halogenated alkanes) is 1. The van der Waals surface area contributed by atoms with Crippen molar-refractivity contribution in [2.45, 2.75) is 55.8 Å². The molecule has 1 N–H and O–H groups in total. The molecule has 2 nitrogen and oxygen atoms in total. The van der Waals surface area contributed by atoms with Crippen LogP contribution in [0.3, 0.4) is 0 Å². The maximum absolute atomic E-state index is 13.6. The van der Waals surface area contributed by atoms with Gasteiger partial charge in [0.05, 0.1) is 5.41 Å². The van der Waals surface area contributed by atoms with E-state index in [1.165, 1.54) is 27.2 Å². The Bertz CT molecular complexity index is 946. The largest absolute Gasteiger partial charge is 0.355 e. The fourth-order valence-corrected chi connectivity index (χ4v) is 5.76. The smallest absolute Gasteiger partial charge is 0.235 e. The molecular formula is C27H31NOS. The summed E-state index contributed by atoms with van der Waals surface area (Å²) in [6, 6.07) is 19.2. The highest BCUT2D eigenvalue weighted by atomic mass is 32.2. The van der Waals surface area contributed by atoms with Crippen LogP contribution < -0.4 is 5.32 Å². The first kappa shape index (κ1) is 21.0. The van der Waals surface area contributed by atoms with Crippen LogP contribution in [0.25, 0.3) is 5.57 Å². The number of carbonyl (C=O) groups excluding carboxylic acids is 1. The summed E-state index contributed by atoms with van der Waals surface area (Å²) in [6.45, 7) is 2.85. The molecule has 0 bridgehead atoms. The number of hydrogen-bond donors (Lipinski definition) is 1. The number of carbonyl (C=O) groups is 1. The molecule has 2 aromatic carbocycles. The van der Waals surface area contributed by atoms with E-state index in [0.717, 1.165) is 50.8 Å². The van der Waals surface area contributed by atoms with Gasteiger partial charge in [0, 0.05) is 11.4 Å². The summed E-state index contributed by atoms with van der Waals surface area (Å²) in [7, 11) is 0. The zero-order valence-electron chi connectivity index (χ0n) is 17.8. The standard InChI is InChI=1S/C27H31NOS/c1-2-19-28-26(29)27(18-10-11-20-30-21-12-4-3-5-13-21)24-16-8-6-14-22(24)23-15-7-9-17-25(23)27/h3-6,8-9,12-14,16-17H,2,7,10-11,15,18-20H2,1H3,(H,28,29). The minimum Gasteiger partial charge on any atom is -0.355 e. The Morgan fingerprint density at radius 3 is 2.70 bits per heavy atom. The molecule has 3 heteroatoms. The Kier molecular flexibility index (Phi) is 6.79. The van der Waals surface area contributed by atoms with Gasteiger partial charge in [-0.1, -0.05) is 68.0 Å². The zero-order valence-corrected chi connectivity index (χ0v) is 18.6. The van der Waals surface area contributed by atoms with Gasteiger partial charge >= 0.3 is 0 Å². The number of rotatable bonds is 9. The van der Waals surface area contributed by atoms with Crippen molar-refractivity contribution in [1.82, 2.24) is 5.32 Å². The molecule has 4 rings (SSSR count). The van der Waals surface area contributed by atoms with Gasteiger partial charge in [0.25, 0.3) is 0 Å². The topological polar surface area (TPSA) is 29.1 Å². The number of nitrogens with one attached hydrogen (secondary N) is 1. The third-order valence-corrected chi connectivity index (χ3v) is 7.32. The number of hydrogen-bond acceptors (Lipinski definition) is 2. The molecule has 2 aromatic rings. The van der Waals surface area contributed by atoms with Crippen molar-refractivity contribution in [2.24, 2.45) is 0 Å². The summed E-state index contributed by atoms with van der Waals surface area (Å²) in [4.78, 5) is 15.0. The molecule has 1 unspecified atom stereocenters. The molecule has 2 aliphatic carbocycles. The SMILES string of the molecule is CCCNC(=O)C1(CCCCSc2ccccc2)C2=C(CCC=C2)c2ccccc21. The first-order chi connectivity index (χ1) is 14.8. The van der Waals surface area contributed by atoms with Gasteiger partial charge in [-0.05, 0) is 72.3 Å². The van der Waals surface area contributed by atoms with E-state index in [2.05, 4.69) is 79.0 Å². The third kappa shape index (κ3) is 4.00. The predicted octanol–water partition coefficient (Wildman–Crippen LogP) is 6.53. The number of allylic oxidation sites excluding steroid dienone is 3. The Morgan fingerprint density at radius 2 is 1.87 bits per heavy atom. The first-order valence-corrected chi connectivity index (χ1v) is 12.2. The highest BCUT2D eigenvalue weighted by Crippen LogP contribution is 2.52. The van der Waals surface area contributed by atoms with Crippen LogP contribution in [0.2, 0.25) is 0 Å². The molecule has 0 fully saturated rings. The van der Waals surface area contributed by atoms with Crippen molar-refractivity contribution in [3.8, 4) is 0 Å². The quantitative estimate of drug-likeness (QED) is 0.371. The number of fused-ring (bicyclic) bond motifs is 2. The Balaban J connectivity index is 1.56. The van der Waals surface area contributed by atoms with Gasteiger partial charge < -0.3 is 5.32 Å². The summed E-state index contributed by atoms with van der Waals surface area (Å²) in [5.74, 6) is 1.27. The van der Waals surface area contributed by atoms with Crippen molar-refractivity contribution < 1.29 is 4.79 Å².